The van der Waals surface area contributed by atoms with Gasteiger partial charge >= 0.3 is 0 Å². The van der Waals surface area contributed by atoms with Crippen molar-refractivity contribution in [3.8, 4) is 70.3 Å². The number of nitriles is 4. The van der Waals surface area contributed by atoms with Gasteiger partial charge in [-0.25, -0.2) is 46.5 Å². The van der Waals surface area contributed by atoms with Crippen LogP contribution in [0.4, 0.5) is 4.39 Å². The smallest absolute Gasteiger partial charge is 0.246 e. The largest absolute Gasteiger partial charge is 0.456 e. The molecule has 3 amide bonds. The van der Waals surface area contributed by atoms with Crippen molar-refractivity contribution in [3.05, 3.63) is 313 Å². The van der Waals surface area contributed by atoms with Crippen LogP contribution in [0.1, 0.15) is 123 Å². The molecule has 4 saturated heterocycles. The van der Waals surface area contributed by atoms with Crippen LogP contribution in [0.5, 0.6) is 46.0 Å². The molecule has 0 N–H and O–H groups in total. The van der Waals surface area contributed by atoms with Crippen LogP contribution in [-0.4, -0.2) is 201 Å². The second-order valence-corrected chi connectivity index (χ2v) is 45.6. The number of halogens is 1. The number of hydrogen-bond acceptors (Lipinski definition) is 21. The molecule has 0 aliphatic carbocycles. The number of ether oxygens (including phenoxy) is 4. The van der Waals surface area contributed by atoms with Gasteiger partial charge < -0.3 is 33.6 Å². The standard InChI is InChI=1S/C29H31N3O4S.C27H26FN3O4S.C26H27N3O5S2.C25H31N3O4S/c1-4-23-5-7-24(8-6-23)19-29(33)31-11-13-32(14-12-31)37(34,35)28-18-25(20-30)9-10-27(28)36-26-16-21(2)15-22(3)17-26;1-19-12-20(2)14-24(13-19)35-25-7-6-22(18-29)16-26(25)36(33,34)31-10-8-30(9-11-31)27(32)17-21-4-3-5-23(28)15-21;1-19-4-7-24(8-5-19)35(30,31)28-10-12-29(13-11-28)36(32,33)26-17-22(18-27)6-9-25(26)34-23-15-20(2)14-21(3)16-23;1-6-25(4,5)24(29)27-9-11-28(12-10-27)33(30,31)23-16-20(17-26)7-8-22(23)32-21-14-18(2)13-19(3)15-21/h5-10,15-18H,4,11-14,19H2,1-3H3;3-7,12-16H,8-11,17H2,1-2H3;4-9,14-17H,10-13H2,1-3H3;7-8,13-16H,6,9-12H2,1-5H3. The first-order valence-electron chi connectivity index (χ1n) is 46.3. The zero-order valence-electron chi connectivity index (χ0n) is 81.7. The summed E-state index contributed by atoms with van der Waals surface area (Å²) < 4.78 is 179. The summed E-state index contributed by atoms with van der Waals surface area (Å²) in [6, 6.07) is 68.4. The van der Waals surface area contributed by atoms with Crippen LogP contribution < -0.4 is 18.9 Å². The first-order valence-corrected chi connectivity index (χ1v) is 53.5. The van der Waals surface area contributed by atoms with Crippen LogP contribution in [0, 0.1) is 119 Å². The highest BCUT2D eigenvalue weighted by molar-refractivity contribution is 7.90. The molecule has 11 aromatic rings. The Kier molecular flexibility index (Phi) is 35.1. The number of hydrogen-bond donors (Lipinski definition) is 0. The predicted molar refractivity (Wildman–Crippen MR) is 537 cm³/mol. The lowest BCUT2D eigenvalue weighted by Gasteiger charge is -2.38. The monoisotopic (exact) mass is 2020 g/mol. The zero-order chi connectivity index (χ0) is 103. The Hall–Kier alpha value is -13.5. The molecule has 142 heavy (non-hydrogen) atoms. The van der Waals surface area contributed by atoms with E-state index in [1.165, 1.54) is 99.9 Å². The summed E-state index contributed by atoms with van der Waals surface area (Å²) in [7, 11) is -19.7. The lowest BCUT2D eigenvalue weighted by molar-refractivity contribution is -0.141. The van der Waals surface area contributed by atoms with E-state index in [9.17, 15) is 81.9 Å². The average molecular weight is 2020 g/mol. The van der Waals surface area contributed by atoms with Crippen LogP contribution in [0.15, 0.2) is 243 Å². The number of sulfonamides is 5. The fourth-order valence-corrected chi connectivity index (χ4v) is 24.3. The maximum Gasteiger partial charge on any atom is 0.246 e. The minimum absolute atomic E-state index is 0.0145. The topological polar surface area (TPSA) is 380 Å². The van der Waals surface area contributed by atoms with Crippen molar-refractivity contribution in [2.45, 2.75) is 140 Å². The lowest BCUT2D eigenvalue weighted by atomic mass is 9.88. The highest BCUT2D eigenvalue weighted by Crippen LogP contribution is 2.40. The Balaban J connectivity index is 0.000000169. The van der Waals surface area contributed by atoms with Gasteiger partial charge in [-0.2, -0.15) is 42.6 Å². The van der Waals surface area contributed by atoms with Gasteiger partial charge in [-0.3, -0.25) is 14.4 Å². The third-order valence-corrected chi connectivity index (χ3v) is 34.1. The van der Waals surface area contributed by atoms with Crippen molar-refractivity contribution < 1.29 is 79.8 Å². The highest BCUT2D eigenvalue weighted by atomic mass is 32.2. The van der Waals surface area contributed by atoms with Crippen LogP contribution >= 0.6 is 0 Å². The Morgan fingerprint density at radius 3 is 0.852 bits per heavy atom. The molecule has 0 spiro atoms. The normalized spacial score (nSPS) is 14.8. The summed E-state index contributed by atoms with van der Waals surface area (Å²) in [5.74, 6) is 2.03. The minimum Gasteiger partial charge on any atom is -0.456 e. The zero-order valence-corrected chi connectivity index (χ0v) is 85.7. The molecule has 0 radical (unpaired) electrons. The van der Waals surface area contributed by atoms with Gasteiger partial charge in [0.25, 0.3) is 0 Å². The predicted octanol–water partition coefficient (Wildman–Crippen LogP) is 17.0. The summed E-state index contributed by atoms with van der Waals surface area (Å²) in [6.07, 6.45) is 1.99. The van der Waals surface area contributed by atoms with Gasteiger partial charge in [-0.15, -0.1) is 0 Å². The number of amides is 3. The number of rotatable bonds is 25. The third kappa shape index (κ3) is 27.0. The minimum atomic E-state index is -4.07. The van der Waals surface area contributed by atoms with Gasteiger partial charge in [0.1, 0.15) is 71.4 Å². The second-order valence-electron chi connectivity index (χ2n) is 36.1. The number of carbonyl (C=O) groups excluding carboxylic acids is 3. The van der Waals surface area contributed by atoms with E-state index in [0.717, 1.165) is 62.1 Å². The number of piperazine rings is 4. The van der Waals surface area contributed by atoms with Crippen molar-refractivity contribution in [2.75, 3.05) is 105 Å². The fraction of sp³-hybridized carbons (Fsp3) is 0.318. The maximum atomic E-state index is 13.7. The Morgan fingerprint density at radius 2 is 0.577 bits per heavy atom. The molecule has 4 heterocycles. The Labute approximate surface area is 833 Å². The first-order chi connectivity index (χ1) is 67.3. The van der Waals surface area contributed by atoms with Gasteiger partial charge in [0.2, 0.25) is 67.8 Å². The molecule has 742 valence electrons. The van der Waals surface area contributed by atoms with Crippen molar-refractivity contribution in [2.24, 2.45) is 5.41 Å². The Morgan fingerprint density at radius 1 is 0.310 bits per heavy atom. The summed E-state index contributed by atoms with van der Waals surface area (Å²) in [5, 5.41) is 37.5. The summed E-state index contributed by atoms with van der Waals surface area (Å²) in [6.45, 7) is 27.7. The highest BCUT2D eigenvalue weighted by Gasteiger charge is 2.41. The molecule has 0 unspecified atom stereocenters. The maximum absolute atomic E-state index is 13.7. The molecule has 0 atom stereocenters. The summed E-state index contributed by atoms with van der Waals surface area (Å²) in [4.78, 5) is 43.2. The molecule has 4 aliphatic heterocycles. The van der Waals surface area contributed by atoms with E-state index in [1.807, 2.05) is 192 Å². The van der Waals surface area contributed by atoms with Crippen LogP contribution in [0.25, 0.3) is 0 Å². The molecule has 4 aliphatic rings. The molecule has 35 heteroatoms. The van der Waals surface area contributed by atoms with Gasteiger partial charge in [0.05, 0.1) is 64.3 Å². The van der Waals surface area contributed by atoms with Crippen LogP contribution in [-0.2, 0) is 83.8 Å². The lowest BCUT2D eigenvalue weighted by Crippen LogP contribution is -2.53. The first kappa shape index (κ1) is 107. The molecule has 15 rings (SSSR count). The van der Waals surface area contributed by atoms with Gasteiger partial charge in [0.15, 0.2) is 0 Å². The summed E-state index contributed by atoms with van der Waals surface area (Å²) in [5.41, 5.74) is 11.9. The van der Waals surface area contributed by atoms with Gasteiger partial charge in [-0.1, -0.05) is 106 Å². The van der Waals surface area contributed by atoms with Crippen molar-refractivity contribution in [3.63, 3.8) is 0 Å². The van der Waals surface area contributed by atoms with E-state index >= 15 is 0 Å². The van der Waals surface area contributed by atoms with E-state index in [1.54, 1.807) is 75.4 Å². The number of benzene rings is 11. The summed E-state index contributed by atoms with van der Waals surface area (Å²) >= 11 is 0. The third-order valence-electron chi connectivity index (χ3n) is 24.5. The number of aryl methyl sites for hydroxylation is 10. The molecule has 4 fully saturated rings. The van der Waals surface area contributed by atoms with E-state index in [-0.39, 0.29) is 179 Å². The molecule has 0 saturated carbocycles. The van der Waals surface area contributed by atoms with Gasteiger partial charge in [-0.05, 0) is 282 Å². The van der Waals surface area contributed by atoms with Crippen molar-refractivity contribution in [1.29, 1.82) is 21.0 Å². The SMILES string of the molecule is CCC(C)(C)C(=O)N1CCN(S(=O)(=O)c2cc(C#N)ccc2Oc2cc(C)cc(C)c2)CC1.CCc1ccc(CC(=O)N2CCN(S(=O)(=O)c3cc(C#N)ccc3Oc3cc(C)cc(C)c3)CC2)cc1.Cc1cc(C)cc(Oc2ccc(C#N)cc2S(=O)(=O)N2CCN(C(=O)Cc3cccc(F)c3)CC2)c1.Cc1ccc(S(=O)(=O)N2CCN(S(=O)(=O)c3cc(C#N)ccc3Oc3cc(C)cc(C)c3)CC2)cc1. The molecular formula is C107H115FN12O17S5. The van der Waals surface area contributed by atoms with Gasteiger partial charge in [0, 0.05) is 110 Å². The van der Waals surface area contributed by atoms with E-state index in [0.29, 0.717) is 61.2 Å². The fourth-order valence-electron chi connectivity index (χ4n) is 16.7. The quantitative estimate of drug-likeness (QED) is 0.0513. The molecule has 29 nitrogen and oxygen atoms in total. The Bertz CT molecular complexity index is 7260. The van der Waals surface area contributed by atoms with E-state index < -0.39 is 61.3 Å². The molecule has 11 aromatic carbocycles. The van der Waals surface area contributed by atoms with Crippen molar-refractivity contribution in [1.82, 2.24) is 36.2 Å². The molecular weight excluding hydrogens is 1900 g/mol. The van der Waals surface area contributed by atoms with Crippen molar-refractivity contribution >= 4 is 67.8 Å². The average Bonchev–Trinajstić information content (AvgIpc) is 0.792. The molecule has 0 bridgehead atoms. The van der Waals surface area contributed by atoms with E-state index in [4.69, 9.17) is 18.9 Å². The molecule has 0 aromatic heterocycles. The number of nitrogens with zero attached hydrogens (tertiary/aromatic N) is 12. The van der Waals surface area contributed by atoms with E-state index in [2.05, 4.69) is 6.92 Å². The second kappa shape index (κ2) is 46.5. The van der Waals surface area contributed by atoms with Crippen LogP contribution in [0.3, 0.4) is 0 Å². The van der Waals surface area contributed by atoms with Crippen LogP contribution in [0.2, 0.25) is 0 Å². The number of carbonyl (C=O) groups is 3.